The monoisotopic (exact) mass is 233 g/mol. The Morgan fingerprint density at radius 3 is 3.00 bits per heavy atom. The molecule has 0 saturated heterocycles. The molecule has 4 nitrogen and oxygen atoms in total. The molecule has 76 valence electrons. The maximum atomic E-state index is 11.0. The van der Waals surface area contributed by atoms with E-state index < -0.39 is 9.05 Å². The highest BCUT2D eigenvalue weighted by molar-refractivity contribution is 8.13. The fourth-order valence-electron chi connectivity index (χ4n) is 1.35. The average molecular weight is 234 g/mol. The Labute approximate surface area is 86.3 Å². The summed E-state index contributed by atoms with van der Waals surface area (Å²) in [5.74, 6) is 0.514. The molecule has 0 spiro atoms. The molecule has 1 aliphatic heterocycles. The van der Waals surface area contributed by atoms with Gasteiger partial charge in [0.15, 0.2) is 0 Å². The summed E-state index contributed by atoms with van der Waals surface area (Å²) in [7, 11) is 1.51. The number of pyridine rings is 1. The van der Waals surface area contributed by atoms with E-state index in [2.05, 4.69) is 4.98 Å². The lowest BCUT2D eigenvalue weighted by Gasteiger charge is -2.15. The topological polar surface area (TPSA) is 56.3 Å². The van der Waals surface area contributed by atoms with Crippen LogP contribution in [0, 0.1) is 0 Å². The van der Waals surface area contributed by atoms with Gasteiger partial charge in [-0.25, -0.2) is 13.4 Å². The second-order valence-electron chi connectivity index (χ2n) is 3.03. The second kappa shape index (κ2) is 3.40. The van der Waals surface area contributed by atoms with Crippen LogP contribution >= 0.6 is 10.7 Å². The zero-order valence-corrected chi connectivity index (χ0v) is 8.81. The predicted molar refractivity (Wildman–Crippen MR) is 51.1 cm³/mol. The van der Waals surface area contributed by atoms with E-state index in [4.69, 9.17) is 15.4 Å². The summed E-state index contributed by atoms with van der Waals surface area (Å²) in [5, 5.41) is 0. The van der Waals surface area contributed by atoms with Crippen LogP contribution in [0.15, 0.2) is 17.2 Å². The molecule has 0 radical (unpaired) electrons. The minimum Gasteiger partial charge on any atom is -0.477 e. The SMILES string of the molecule is O=S(=O)(Cl)c1cnc2c(c1)CCCO2. The van der Waals surface area contributed by atoms with E-state index in [-0.39, 0.29) is 4.90 Å². The minimum atomic E-state index is -3.68. The van der Waals surface area contributed by atoms with Gasteiger partial charge in [-0.15, -0.1) is 0 Å². The van der Waals surface area contributed by atoms with Crippen molar-refractivity contribution >= 4 is 19.7 Å². The zero-order valence-electron chi connectivity index (χ0n) is 7.23. The Bertz CT molecular complexity index is 458. The van der Waals surface area contributed by atoms with Gasteiger partial charge in [-0.1, -0.05) is 0 Å². The van der Waals surface area contributed by atoms with Gasteiger partial charge in [0.05, 0.1) is 12.8 Å². The lowest BCUT2D eigenvalue weighted by Crippen LogP contribution is -2.10. The molecule has 0 fully saturated rings. The van der Waals surface area contributed by atoms with Gasteiger partial charge < -0.3 is 4.74 Å². The molecule has 0 unspecified atom stereocenters. The number of nitrogens with zero attached hydrogens (tertiary/aromatic N) is 1. The van der Waals surface area contributed by atoms with E-state index in [1.807, 2.05) is 0 Å². The van der Waals surface area contributed by atoms with Crippen LogP contribution in [0.1, 0.15) is 12.0 Å². The zero-order chi connectivity index (χ0) is 10.2. The molecule has 0 saturated carbocycles. The standard InChI is InChI=1S/C8H8ClNO3S/c9-14(11,12)7-4-6-2-1-3-13-8(6)10-5-7/h4-5H,1-3H2. The normalized spacial score (nSPS) is 15.8. The van der Waals surface area contributed by atoms with Gasteiger partial charge in [0.1, 0.15) is 4.90 Å². The summed E-state index contributed by atoms with van der Waals surface area (Å²) in [6.45, 7) is 0.632. The molecule has 6 heteroatoms. The molecule has 0 N–H and O–H groups in total. The van der Waals surface area contributed by atoms with Crippen LogP contribution in [0.4, 0.5) is 0 Å². The summed E-state index contributed by atoms with van der Waals surface area (Å²) in [6.07, 6.45) is 2.87. The van der Waals surface area contributed by atoms with E-state index in [1.165, 1.54) is 12.3 Å². The van der Waals surface area contributed by atoms with Crippen molar-refractivity contribution in [2.45, 2.75) is 17.7 Å². The largest absolute Gasteiger partial charge is 0.477 e. The van der Waals surface area contributed by atoms with Crippen LogP contribution < -0.4 is 4.74 Å². The van der Waals surface area contributed by atoms with Crippen molar-refractivity contribution in [2.75, 3.05) is 6.61 Å². The first-order valence-corrected chi connectivity index (χ1v) is 6.45. The Kier molecular flexibility index (Phi) is 2.36. The molecule has 1 aliphatic rings. The summed E-state index contributed by atoms with van der Waals surface area (Å²) in [4.78, 5) is 3.93. The van der Waals surface area contributed by atoms with Crippen molar-refractivity contribution < 1.29 is 13.2 Å². The molecule has 0 atom stereocenters. The van der Waals surface area contributed by atoms with Crippen molar-refractivity contribution in [3.63, 3.8) is 0 Å². The smallest absolute Gasteiger partial charge is 0.262 e. The molecule has 2 heterocycles. The predicted octanol–water partition coefficient (Wildman–Crippen LogP) is 1.33. The van der Waals surface area contributed by atoms with E-state index in [1.54, 1.807) is 0 Å². The first kappa shape index (κ1) is 9.73. The number of halogens is 1. The van der Waals surface area contributed by atoms with Crippen molar-refractivity contribution in [2.24, 2.45) is 0 Å². The maximum Gasteiger partial charge on any atom is 0.262 e. The molecular formula is C8H8ClNO3S. The third-order valence-electron chi connectivity index (χ3n) is 2.01. The van der Waals surface area contributed by atoms with Gasteiger partial charge in [0.2, 0.25) is 5.88 Å². The molecule has 0 amide bonds. The van der Waals surface area contributed by atoms with Crippen LogP contribution in [0.2, 0.25) is 0 Å². The molecule has 1 aromatic heterocycles. The molecule has 2 rings (SSSR count). The summed E-state index contributed by atoms with van der Waals surface area (Å²) >= 11 is 0. The Hall–Kier alpha value is -0.810. The van der Waals surface area contributed by atoms with E-state index >= 15 is 0 Å². The van der Waals surface area contributed by atoms with Crippen LogP contribution in [-0.4, -0.2) is 20.0 Å². The van der Waals surface area contributed by atoms with Gasteiger partial charge in [0, 0.05) is 16.2 Å². The maximum absolute atomic E-state index is 11.0. The summed E-state index contributed by atoms with van der Waals surface area (Å²) in [6, 6.07) is 1.52. The van der Waals surface area contributed by atoms with Gasteiger partial charge >= 0.3 is 0 Å². The molecule has 0 aliphatic carbocycles. The van der Waals surface area contributed by atoms with Crippen molar-refractivity contribution in [1.82, 2.24) is 4.98 Å². The number of aryl methyl sites for hydroxylation is 1. The lowest BCUT2D eigenvalue weighted by molar-refractivity contribution is 0.275. The quantitative estimate of drug-likeness (QED) is 0.687. The Morgan fingerprint density at radius 1 is 1.50 bits per heavy atom. The number of hydrogen-bond acceptors (Lipinski definition) is 4. The summed E-state index contributed by atoms with van der Waals surface area (Å²) in [5.41, 5.74) is 0.804. The first-order valence-electron chi connectivity index (χ1n) is 4.14. The number of hydrogen-bond donors (Lipinski definition) is 0. The molecule has 14 heavy (non-hydrogen) atoms. The van der Waals surface area contributed by atoms with Crippen LogP contribution in [0.5, 0.6) is 5.88 Å². The third kappa shape index (κ3) is 1.83. The third-order valence-corrected chi connectivity index (χ3v) is 3.33. The Morgan fingerprint density at radius 2 is 2.29 bits per heavy atom. The minimum absolute atomic E-state index is 0.0309. The Balaban J connectivity index is 2.49. The van der Waals surface area contributed by atoms with Crippen LogP contribution in [0.25, 0.3) is 0 Å². The number of ether oxygens (including phenoxy) is 1. The van der Waals surface area contributed by atoms with E-state index in [9.17, 15) is 8.42 Å². The van der Waals surface area contributed by atoms with Crippen LogP contribution in [-0.2, 0) is 15.5 Å². The van der Waals surface area contributed by atoms with E-state index in [0.717, 1.165) is 18.4 Å². The van der Waals surface area contributed by atoms with Crippen molar-refractivity contribution in [1.29, 1.82) is 0 Å². The molecule has 0 bridgehead atoms. The highest BCUT2D eigenvalue weighted by Crippen LogP contribution is 2.25. The lowest BCUT2D eigenvalue weighted by atomic mass is 10.1. The van der Waals surface area contributed by atoms with E-state index in [0.29, 0.717) is 12.5 Å². The van der Waals surface area contributed by atoms with Gasteiger partial charge in [0.25, 0.3) is 9.05 Å². The molecule has 1 aromatic rings. The highest BCUT2D eigenvalue weighted by atomic mass is 35.7. The van der Waals surface area contributed by atoms with Crippen LogP contribution in [0.3, 0.4) is 0 Å². The second-order valence-corrected chi connectivity index (χ2v) is 5.59. The summed E-state index contributed by atoms with van der Waals surface area (Å²) < 4.78 is 27.2. The van der Waals surface area contributed by atoms with Crippen molar-refractivity contribution in [3.05, 3.63) is 17.8 Å². The molecule has 0 aromatic carbocycles. The first-order chi connectivity index (χ1) is 6.57. The van der Waals surface area contributed by atoms with Crippen molar-refractivity contribution in [3.8, 4) is 5.88 Å². The fraction of sp³-hybridized carbons (Fsp3) is 0.375. The van der Waals surface area contributed by atoms with Gasteiger partial charge in [-0.3, -0.25) is 0 Å². The molecular weight excluding hydrogens is 226 g/mol. The number of fused-ring (bicyclic) bond motifs is 1. The number of aromatic nitrogens is 1. The highest BCUT2D eigenvalue weighted by Gasteiger charge is 2.17. The number of rotatable bonds is 1. The van der Waals surface area contributed by atoms with Gasteiger partial charge in [-0.05, 0) is 18.9 Å². The van der Waals surface area contributed by atoms with Gasteiger partial charge in [-0.2, -0.15) is 0 Å². The fourth-order valence-corrected chi connectivity index (χ4v) is 2.06. The average Bonchev–Trinajstić information content (AvgIpc) is 2.16.